The molecule has 0 aliphatic rings. The molecule has 128 valence electrons. The fraction of sp³-hybridized carbons (Fsp3) is 0.353. The maximum absolute atomic E-state index is 12.1. The van der Waals surface area contributed by atoms with Crippen molar-refractivity contribution >= 4 is 17.7 Å². The van der Waals surface area contributed by atoms with Crippen molar-refractivity contribution in [1.82, 2.24) is 10.3 Å². The van der Waals surface area contributed by atoms with Gasteiger partial charge in [-0.3, -0.25) is 9.59 Å². The van der Waals surface area contributed by atoms with Gasteiger partial charge in [0, 0.05) is 11.3 Å². The van der Waals surface area contributed by atoms with Crippen LogP contribution in [0.1, 0.15) is 57.8 Å². The molecule has 2 aromatic rings. The summed E-state index contributed by atoms with van der Waals surface area (Å²) < 4.78 is 10.2. The number of hydrogen-bond acceptors (Lipinski definition) is 5. The highest BCUT2D eigenvalue weighted by atomic mass is 16.5. The van der Waals surface area contributed by atoms with Crippen LogP contribution in [0.25, 0.3) is 0 Å². The van der Waals surface area contributed by atoms with Crippen molar-refractivity contribution in [3.63, 3.8) is 0 Å². The average Bonchev–Trinajstić information content (AvgIpc) is 3.12. The molecular weight excluding hydrogens is 312 g/mol. The lowest BCUT2D eigenvalue weighted by Gasteiger charge is -2.11. The first-order valence-electron chi connectivity index (χ1n) is 7.51. The Hall–Kier alpha value is -2.83. The van der Waals surface area contributed by atoms with Crippen LogP contribution in [0.5, 0.6) is 0 Å². The van der Waals surface area contributed by atoms with E-state index in [1.165, 1.54) is 13.2 Å². The number of Topliss-reactive ketones (excluding diaryl/α,β-unsaturated/α-hetero) is 1. The van der Waals surface area contributed by atoms with Crippen LogP contribution >= 0.6 is 0 Å². The maximum atomic E-state index is 12.1. The molecule has 0 radical (unpaired) electrons. The Morgan fingerprint density at radius 3 is 2.58 bits per heavy atom. The molecule has 0 aromatic carbocycles. The summed E-state index contributed by atoms with van der Waals surface area (Å²) in [5.74, 6) is -0.647. The summed E-state index contributed by atoms with van der Waals surface area (Å²) in [6.07, 6.45) is 1.51. The number of rotatable bonds is 6. The Morgan fingerprint density at radius 1 is 1.33 bits per heavy atom. The van der Waals surface area contributed by atoms with Gasteiger partial charge in [-0.15, -0.1) is 0 Å². The summed E-state index contributed by atoms with van der Waals surface area (Å²) in [7, 11) is 0. The topological polar surface area (TPSA) is 101 Å². The number of nitrogens with one attached hydrogen (secondary N) is 2. The van der Waals surface area contributed by atoms with Gasteiger partial charge in [-0.25, -0.2) is 4.79 Å². The van der Waals surface area contributed by atoms with Gasteiger partial charge in [0.25, 0.3) is 5.91 Å². The second-order valence-corrected chi connectivity index (χ2v) is 5.56. The third-order valence-electron chi connectivity index (χ3n) is 3.68. The van der Waals surface area contributed by atoms with Crippen molar-refractivity contribution in [2.45, 2.75) is 33.7 Å². The molecule has 1 unspecified atom stereocenters. The van der Waals surface area contributed by atoms with Gasteiger partial charge in [-0.1, -0.05) is 0 Å². The Kier molecular flexibility index (Phi) is 5.23. The fourth-order valence-electron chi connectivity index (χ4n) is 2.58. The van der Waals surface area contributed by atoms with Crippen molar-refractivity contribution < 1.29 is 23.5 Å². The zero-order chi connectivity index (χ0) is 17.9. The third-order valence-corrected chi connectivity index (χ3v) is 3.68. The van der Waals surface area contributed by atoms with Crippen molar-refractivity contribution in [3.8, 4) is 0 Å². The normalized spacial score (nSPS) is 11.8. The van der Waals surface area contributed by atoms with Gasteiger partial charge in [0.15, 0.2) is 12.4 Å². The molecule has 2 aromatic heterocycles. The van der Waals surface area contributed by atoms with E-state index in [0.717, 1.165) is 0 Å². The minimum absolute atomic E-state index is 0.134. The van der Waals surface area contributed by atoms with Crippen LogP contribution in [0, 0.1) is 13.8 Å². The number of carbonyl (C=O) groups excluding carboxylic acids is 3. The molecule has 0 saturated heterocycles. The van der Waals surface area contributed by atoms with Crippen LogP contribution in [-0.2, 0) is 9.53 Å². The third kappa shape index (κ3) is 3.73. The molecule has 0 saturated carbocycles. The number of amides is 1. The van der Waals surface area contributed by atoms with E-state index >= 15 is 0 Å². The molecule has 24 heavy (non-hydrogen) atoms. The predicted octanol–water partition coefficient (Wildman–Crippen LogP) is 2.46. The summed E-state index contributed by atoms with van der Waals surface area (Å²) >= 11 is 0. The van der Waals surface area contributed by atoms with Crippen LogP contribution in [0.4, 0.5) is 0 Å². The molecule has 7 heteroatoms. The Balaban J connectivity index is 1.95. The predicted molar refractivity (Wildman–Crippen MR) is 85.8 cm³/mol. The van der Waals surface area contributed by atoms with E-state index in [0.29, 0.717) is 22.6 Å². The van der Waals surface area contributed by atoms with Gasteiger partial charge >= 0.3 is 5.97 Å². The number of aryl methyl sites for hydroxylation is 1. The average molecular weight is 332 g/mol. The quantitative estimate of drug-likeness (QED) is 0.625. The van der Waals surface area contributed by atoms with E-state index in [4.69, 9.17) is 9.15 Å². The summed E-state index contributed by atoms with van der Waals surface area (Å²) in [6, 6.07) is 3.14. The Morgan fingerprint density at radius 2 is 2.04 bits per heavy atom. The van der Waals surface area contributed by atoms with Gasteiger partial charge in [0.05, 0.1) is 12.3 Å². The molecule has 0 fully saturated rings. The van der Waals surface area contributed by atoms with Gasteiger partial charge < -0.3 is 19.5 Å². The van der Waals surface area contributed by atoms with Crippen LogP contribution in [0.15, 0.2) is 22.8 Å². The van der Waals surface area contributed by atoms with Crippen LogP contribution < -0.4 is 5.32 Å². The number of hydrogen-bond donors (Lipinski definition) is 2. The molecule has 0 aliphatic heterocycles. The smallest absolute Gasteiger partial charge is 0.355 e. The van der Waals surface area contributed by atoms with Crippen LogP contribution in [0.3, 0.4) is 0 Å². The summed E-state index contributed by atoms with van der Waals surface area (Å²) in [6.45, 7) is 6.14. The molecular formula is C17H20N2O5. The first-order valence-corrected chi connectivity index (χ1v) is 7.51. The summed E-state index contributed by atoms with van der Waals surface area (Å²) in [4.78, 5) is 38.4. The van der Waals surface area contributed by atoms with Crippen LogP contribution in [-0.4, -0.2) is 29.3 Å². The zero-order valence-corrected chi connectivity index (χ0v) is 14.1. The van der Waals surface area contributed by atoms with E-state index in [9.17, 15) is 14.4 Å². The van der Waals surface area contributed by atoms with E-state index < -0.39 is 18.5 Å². The van der Waals surface area contributed by atoms with E-state index in [1.807, 2.05) is 0 Å². The lowest BCUT2D eigenvalue weighted by Crippen LogP contribution is -2.31. The number of aromatic amines is 1. The number of carbonyl (C=O) groups is 3. The van der Waals surface area contributed by atoms with Gasteiger partial charge in [0.2, 0.25) is 0 Å². The van der Waals surface area contributed by atoms with E-state index in [2.05, 4.69) is 10.3 Å². The molecule has 0 bridgehead atoms. The zero-order valence-electron chi connectivity index (χ0n) is 14.1. The first kappa shape index (κ1) is 17.5. The fourth-order valence-corrected chi connectivity index (χ4v) is 2.58. The number of ether oxygens (including phenoxy) is 1. The van der Waals surface area contributed by atoms with Crippen molar-refractivity contribution in [2.75, 3.05) is 6.61 Å². The van der Waals surface area contributed by atoms with Crippen molar-refractivity contribution in [1.29, 1.82) is 0 Å². The molecule has 1 amide bonds. The highest BCUT2D eigenvalue weighted by Crippen LogP contribution is 2.19. The number of furan rings is 1. The monoisotopic (exact) mass is 332 g/mol. The first-order chi connectivity index (χ1) is 11.3. The second-order valence-electron chi connectivity index (χ2n) is 5.56. The minimum atomic E-state index is -0.677. The van der Waals surface area contributed by atoms with Crippen molar-refractivity contribution in [3.05, 3.63) is 46.7 Å². The second kappa shape index (κ2) is 7.16. The Labute approximate surface area is 139 Å². The number of esters is 1. The van der Waals surface area contributed by atoms with Gasteiger partial charge in [-0.05, 0) is 45.4 Å². The molecule has 0 aliphatic carbocycles. The van der Waals surface area contributed by atoms with E-state index in [-0.39, 0.29) is 17.5 Å². The standard InChI is InChI=1S/C17H20N2O5/c1-9-15(12(4)20)11(3)19-16(9)17(22)24-8-14(21)18-10(2)13-6-5-7-23-13/h5-7,10,19H,8H2,1-4H3,(H,18,21). The molecule has 7 nitrogen and oxygen atoms in total. The lowest BCUT2D eigenvalue weighted by molar-refractivity contribution is -0.125. The minimum Gasteiger partial charge on any atom is -0.467 e. The molecule has 2 rings (SSSR count). The molecule has 1 atom stereocenters. The summed E-state index contributed by atoms with van der Waals surface area (Å²) in [5.41, 5.74) is 1.78. The highest BCUT2D eigenvalue weighted by molar-refractivity contribution is 6.01. The highest BCUT2D eigenvalue weighted by Gasteiger charge is 2.22. The summed E-state index contributed by atoms with van der Waals surface area (Å²) in [5, 5.41) is 2.66. The number of ketones is 1. The maximum Gasteiger partial charge on any atom is 0.355 e. The Bertz CT molecular complexity index is 758. The molecule has 0 spiro atoms. The molecule has 2 N–H and O–H groups in total. The van der Waals surface area contributed by atoms with Crippen LogP contribution in [0.2, 0.25) is 0 Å². The largest absolute Gasteiger partial charge is 0.467 e. The van der Waals surface area contributed by atoms with Gasteiger partial charge in [-0.2, -0.15) is 0 Å². The SMILES string of the molecule is CC(=O)c1c(C)[nH]c(C(=O)OCC(=O)NC(C)c2ccco2)c1C. The van der Waals surface area contributed by atoms with E-state index in [1.54, 1.807) is 32.9 Å². The number of aromatic nitrogens is 1. The lowest BCUT2D eigenvalue weighted by atomic mass is 10.1. The van der Waals surface area contributed by atoms with Gasteiger partial charge in [0.1, 0.15) is 11.5 Å². The number of H-pyrrole nitrogens is 1. The molecule has 2 heterocycles. The van der Waals surface area contributed by atoms with Crippen molar-refractivity contribution in [2.24, 2.45) is 0 Å².